The minimum atomic E-state index is 0.302. The van der Waals surface area contributed by atoms with Crippen molar-refractivity contribution in [2.24, 2.45) is 0 Å². The molecule has 3 aromatic rings. The van der Waals surface area contributed by atoms with Crippen LogP contribution in [-0.2, 0) is 6.54 Å². The lowest BCUT2D eigenvalue weighted by atomic mass is 9.97. The Morgan fingerprint density at radius 3 is 2.92 bits per heavy atom. The molecule has 1 aliphatic rings. The molecule has 2 aromatic heterocycles. The maximum Gasteiger partial charge on any atom is 0.249 e. The van der Waals surface area contributed by atoms with Crippen LogP contribution >= 0.6 is 0 Å². The highest BCUT2D eigenvalue weighted by atomic mass is 16.4. The van der Waals surface area contributed by atoms with Crippen LogP contribution in [-0.4, -0.2) is 33.2 Å². The second-order valence-electron chi connectivity index (χ2n) is 6.69. The summed E-state index contributed by atoms with van der Waals surface area (Å²) in [5.41, 5.74) is 3.61. The van der Waals surface area contributed by atoms with Crippen LogP contribution in [0.4, 0.5) is 0 Å². The maximum atomic E-state index is 5.94. The molecule has 4 rings (SSSR count). The fourth-order valence-corrected chi connectivity index (χ4v) is 3.43. The molecule has 1 saturated heterocycles. The molecule has 25 heavy (non-hydrogen) atoms. The highest BCUT2D eigenvalue weighted by molar-refractivity contribution is 5.50. The van der Waals surface area contributed by atoms with E-state index >= 15 is 0 Å². The number of hydrogen-bond acceptors (Lipinski definition) is 5. The van der Waals surface area contributed by atoms with Gasteiger partial charge in [-0.15, -0.1) is 10.2 Å². The van der Waals surface area contributed by atoms with Crippen LogP contribution < -0.4 is 0 Å². The number of rotatable bonds is 4. The van der Waals surface area contributed by atoms with Crippen molar-refractivity contribution in [2.45, 2.75) is 32.2 Å². The van der Waals surface area contributed by atoms with Gasteiger partial charge < -0.3 is 4.42 Å². The molecule has 0 radical (unpaired) electrons. The second kappa shape index (κ2) is 7.15. The van der Waals surface area contributed by atoms with E-state index in [1.807, 2.05) is 12.1 Å². The second-order valence-corrected chi connectivity index (χ2v) is 6.69. The molecular weight excluding hydrogens is 312 g/mol. The fraction of sp³-hybridized carbons (Fsp3) is 0.350. The summed E-state index contributed by atoms with van der Waals surface area (Å²) in [6, 6.07) is 12.4. The Hall–Kier alpha value is -2.53. The number of piperidine rings is 1. The first kappa shape index (κ1) is 16.0. The van der Waals surface area contributed by atoms with E-state index in [0.29, 0.717) is 11.8 Å². The van der Waals surface area contributed by atoms with Gasteiger partial charge in [-0.3, -0.25) is 9.88 Å². The third kappa shape index (κ3) is 3.61. The fourth-order valence-electron chi connectivity index (χ4n) is 3.43. The van der Waals surface area contributed by atoms with E-state index in [1.54, 1.807) is 12.4 Å². The minimum absolute atomic E-state index is 0.302. The third-order valence-electron chi connectivity index (χ3n) is 4.86. The molecule has 0 spiro atoms. The van der Waals surface area contributed by atoms with Gasteiger partial charge in [-0.25, -0.2) is 0 Å². The van der Waals surface area contributed by atoms with E-state index in [2.05, 4.69) is 51.3 Å². The van der Waals surface area contributed by atoms with E-state index in [1.165, 1.54) is 11.1 Å². The van der Waals surface area contributed by atoms with Crippen molar-refractivity contribution in [3.05, 3.63) is 65.8 Å². The molecule has 1 atom stereocenters. The van der Waals surface area contributed by atoms with Crippen LogP contribution in [0.2, 0.25) is 0 Å². The van der Waals surface area contributed by atoms with Crippen LogP contribution in [0.1, 0.15) is 35.8 Å². The standard InChI is InChI=1S/C20H22N4O/c1-15-6-2-3-7-17(15)13-24-11-5-9-18(14-24)20-23-22-19(25-20)16-8-4-10-21-12-16/h2-4,6-8,10,12,18H,5,9,11,13-14H2,1H3/t18-/m1/s1. The largest absolute Gasteiger partial charge is 0.420 e. The summed E-state index contributed by atoms with van der Waals surface area (Å²) in [5.74, 6) is 1.60. The van der Waals surface area contributed by atoms with E-state index < -0.39 is 0 Å². The Kier molecular flexibility index (Phi) is 4.57. The van der Waals surface area contributed by atoms with Crippen LogP contribution in [0.25, 0.3) is 11.5 Å². The van der Waals surface area contributed by atoms with Crippen molar-refractivity contribution in [3.63, 3.8) is 0 Å². The van der Waals surface area contributed by atoms with Gasteiger partial charge in [-0.05, 0) is 49.6 Å². The zero-order valence-corrected chi connectivity index (χ0v) is 14.4. The molecule has 0 unspecified atom stereocenters. The number of aromatic nitrogens is 3. The number of benzene rings is 1. The van der Waals surface area contributed by atoms with Gasteiger partial charge in [-0.2, -0.15) is 0 Å². The smallest absolute Gasteiger partial charge is 0.249 e. The van der Waals surface area contributed by atoms with Crippen molar-refractivity contribution in [3.8, 4) is 11.5 Å². The summed E-state index contributed by atoms with van der Waals surface area (Å²) >= 11 is 0. The zero-order valence-electron chi connectivity index (χ0n) is 14.4. The van der Waals surface area contributed by atoms with E-state index in [-0.39, 0.29) is 0 Å². The predicted octanol–water partition coefficient (Wildman–Crippen LogP) is 3.82. The first-order valence-corrected chi connectivity index (χ1v) is 8.80. The summed E-state index contributed by atoms with van der Waals surface area (Å²) in [5, 5.41) is 8.51. The van der Waals surface area contributed by atoms with Gasteiger partial charge in [0.25, 0.3) is 0 Å². The summed E-state index contributed by atoms with van der Waals surface area (Å²) < 4.78 is 5.94. The normalized spacial score (nSPS) is 18.4. The maximum absolute atomic E-state index is 5.94. The lowest BCUT2D eigenvalue weighted by Gasteiger charge is -2.31. The van der Waals surface area contributed by atoms with Gasteiger partial charge in [0.1, 0.15) is 0 Å². The first-order valence-electron chi connectivity index (χ1n) is 8.80. The molecule has 1 aromatic carbocycles. The van der Waals surface area contributed by atoms with Crippen molar-refractivity contribution >= 4 is 0 Å². The van der Waals surface area contributed by atoms with Gasteiger partial charge in [0.15, 0.2) is 0 Å². The average molecular weight is 334 g/mol. The molecule has 3 heterocycles. The number of likely N-dealkylation sites (tertiary alicyclic amines) is 1. The van der Waals surface area contributed by atoms with Gasteiger partial charge in [0.2, 0.25) is 11.8 Å². The lowest BCUT2D eigenvalue weighted by molar-refractivity contribution is 0.186. The topological polar surface area (TPSA) is 55.1 Å². The van der Waals surface area contributed by atoms with Crippen molar-refractivity contribution in [1.82, 2.24) is 20.1 Å². The van der Waals surface area contributed by atoms with Crippen LogP contribution in [0.5, 0.6) is 0 Å². The first-order chi connectivity index (χ1) is 12.3. The van der Waals surface area contributed by atoms with E-state index in [0.717, 1.165) is 43.9 Å². The highest BCUT2D eigenvalue weighted by Gasteiger charge is 2.26. The molecular formula is C20H22N4O. The zero-order chi connectivity index (χ0) is 17.1. The summed E-state index contributed by atoms with van der Waals surface area (Å²) in [4.78, 5) is 6.60. The van der Waals surface area contributed by atoms with Gasteiger partial charge in [-0.1, -0.05) is 24.3 Å². The number of hydrogen-bond donors (Lipinski definition) is 0. The highest BCUT2D eigenvalue weighted by Crippen LogP contribution is 2.29. The van der Waals surface area contributed by atoms with Gasteiger partial charge in [0, 0.05) is 25.5 Å². The van der Waals surface area contributed by atoms with E-state index in [4.69, 9.17) is 4.42 Å². The minimum Gasteiger partial charge on any atom is -0.420 e. The van der Waals surface area contributed by atoms with Crippen molar-refractivity contribution in [2.75, 3.05) is 13.1 Å². The number of nitrogens with zero attached hydrogens (tertiary/aromatic N) is 4. The molecule has 5 heteroatoms. The molecule has 0 aliphatic carbocycles. The molecule has 0 amide bonds. The molecule has 0 N–H and O–H groups in total. The Morgan fingerprint density at radius 2 is 2.08 bits per heavy atom. The Balaban J connectivity index is 1.46. The number of aryl methyl sites for hydroxylation is 1. The van der Waals surface area contributed by atoms with E-state index in [9.17, 15) is 0 Å². The molecule has 0 bridgehead atoms. The summed E-state index contributed by atoms with van der Waals surface area (Å²) in [7, 11) is 0. The van der Waals surface area contributed by atoms with Crippen molar-refractivity contribution < 1.29 is 4.42 Å². The van der Waals surface area contributed by atoms with Crippen LogP contribution in [0, 0.1) is 6.92 Å². The van der Waals surface area contributed by atoms with Gasteiger partial charge in [0.05, 0.1) is 11.5 Å². The third-order valence-corrected chi connectivity index (χ3v) is 4.86. The molecule has 128 valence electrons. The Bertz CT molecular complexity index is 830. The number of pyridine rings is 1. The van der Waals surface area contributed by atoms with Crippen molar-refractivity contribution in [1.29, 1.82) is 0 Å². The molecule has 0 saturated carbocycles. The monoisotopic (exact) mass is 334 g/mol. The molecule has 5 nitrogen and oxygen atoms in total. The Morgan fingerprint density at radius 1 is 1.16 bits per heavy atom. The van der Waals surface area contributed by atoms with Crippen LogP contribution in [0.15, 0.2) is 53.2 Å². The summed E-state index contributed by atoms with van der Waals surface area (Å²) in [6.45, 7) is 5.24. The van der Waals surface area contributed by atoms with Gasteiger partial charge >= 0.3 is 0 Å². The molecule has 1 fully saturated rings. The van der Waals surface area contributed by atoms with Crippen LogP contribution in [0.3, 0.4) is 0 Å². The average Bonchev–Trinajstić information content (AvgIpc) is 3.15. The Labute approximate surface area is 147 Å². The summed E-state index contributed by atoms with van der Waals surface area (Å²) in [6.07, 6.45) is 5.74. The quantitative estimate of drug-likeness (QED) is 0.726. The molecule has 1 aliphatic heterocycles. The SMILES string of the molecule is Cc1ccccc1CN1CCC[C@@H](c2nnc(-c3cccnc3)o2)C1. The lowest BCUT2D eigenvalue weighted by Crippen LogP contribution is -2.34. The predicted molar refractivity (Wildman–Crippen MR) is 96.0 cm³/mol.